The molecule has 0 N–H and O–H groups in total. The SMILES string of the molecule is c1ccc(-c2nc3c4ccccc4ccn3c2CC2CCCCC2)cc1. The van der Waals surface area contributed by atoms with Crippen LogP contribution in [0.15, 0.2) is 66.9 Å². The topological polar surface area (TPSA) is 17.3 Å². The highest BCUT2D eigenvalue weighted by atomic mass is 15.0. The van der Waals surface area contributed by atoms with Crippen molar-refractivity contribution in [2.75, 3.05) is 0 Å². The van der Waals surface area contributed by atoms with Crippen LogP contribution >= 0.6 is 0 Å². The minimum absolute atomic E-state index is 0.789. The first-order valence-corrected chi connectivity index (χ1v) is 9.84. The molecule has 130 valence electrons. The van der Waals surface area contributed by atoms with Gasteiger partial charge in [-0.1, -0.05) is 86.7 Å². The normalized spacial score (nSPS) is 15.7. The van der Waals surface area contributed by atoms with Crippen molar-refractivity contribution in [3.8, 4) is 11.3 Å². The van der Waals surface area contributed by atoms with Crippen LogP contribution in [0.1, 0.15) is 37.8 Å². The number of aromatic nitrogens is 2. The molecule has 26 heavy (non-hydrogen) atoms. The summed E-state index contributed by atoms with van der Waals surface area (Å²) in [6.45, 7) is 0. The quantitative estimate of drug-likeness (QED) is 0.429. The fraction of sp³-hybridized carbons (Fsp3) is 0.292. The Morgan fingerprint density at radius 3 is 2.46 bits per heavy atom. The summed E-state index contributed by atoms with van der Waals surface area (Å²) in [6.07, 6.45) is 10.2. The maximum absolute atomic E-state index is 5.14. The lowest BCUT2D eigenvalue weighted by Gasteiger charge is -2.21. The summed E-state index contributed by atoms with van der Waals surface area (Å²) in [4.78, 5) is 5.14. The van der Waals surface area contributed by atoms with Crippen molar-refractivity contribution in [1.82, 2.24) is 9.38 Å². The highest BCUT2D eigenvalue weighted by Gasteiger charge is 2.21. The lowest BCUT2D eigenvalue weighted by molar-refractivity contribution is 0.354. The lowest BCUT2D eigenvalue weighted by Crippen LogP contribution is -2.11. The first kappa shape index (κ1) is 15.6. The maximum atomic E-state index is 5.14. The Balaban J connectivity index is 1.72. The summed E-state index contributed by atoms with van der Waals surface area (Å²) in [5, 5.41) is 2.50. The van der Waals surface area contributed by atoms with Crippen molar-refractivity contribution in [3.63, 3.8) is 0 Å². The van der Waals surface area contributed by atoms with Crippen LogP contribution in [0, 0.1) is 5.92 Å². The highest BCUT2D eigenvalue weighted by molar-refractivity contribution is 5.95. The van der Waals surface area contributed by atoms with Gasteiger partial charge in [0.2, 0.25) is 0 Å². The molecule has 1 aliphatic rings. The minimum atomic E-state index is 0.789. The minimum Gasteiger partial charge on any atom is -0.303 e. The van der Waals surface area contributed by atoms with Gasteiger partial charge in [-0.3, -0.25) is 0 Å². The van der Waals surface area contributed by atoms with Crippen molar-refractivity contribution in [1.29, 1.82) is 0 Å². The number of imidazole rings is 1. The van der Waals surface area contributed by atoms with Crippen LogP contribution in [0.4, 0.5) is 0 Å². The number of nitrogens with zero attached hydrogens (tertiary/aromatic N) is 2. The Kier molecular flexibility index (Phi) is 3.97. The highest BCUT2D eigenvalue weighted by Crippen LogP contribution is 2.33. The molecule has 0 radical (unpaired) electrons. The van der Waals surface area contributed by atoms with E-state index in [1.807, 2.05) is 0 Å². The van der Waals surface area contributed by atoms with E-state index in [0.717, 1.165) is 23.7 Å². The van der Waals surface area contributed by atoms with Gasteiger partial charge in [0, 0.05) is 17.1 Å². The van der Waals surface area contributed by atoms with Crippen molar-refractivity contribution < 1.29 is 0 Å². The molecule has 2 aromatic heterocycles. The van der Waals surface area contributed by atoms with E-state index in [-0.39, 0.29) is 0 Å². The molecule has 1 saturated carbocycles. The number of rotatable bonds is 3. The average Bonchev–Trinajstić information content (AvgIpc) is 3.08. The third-order valence-electron chi connectivity index (χ3n) is 5.87. The second-order valence-corrected chi connectivity index (χ2v) is 7.58. The van der Waals surface area contributed by atoms with E-state index in [1.165, 1.54) is 54.1 Å². The van der Waals surface area contributed by atoms with Gasteiger partial charge in [-0.15, -0.1) is 0 Å². The predicted octanol–water partition coefficient (Wildman–Crippen LogP) is 6.28. The van der Waals surface area contributed by atoms with Crippen molar-refractivity contribution in [2.45, 2.75) is 38.5 Å². The summed E-state index contributed by atoms with van der Waals surface area (Å²) in [6, 6.07) is 21.5. The molecule has 2 heteroatoms. The molecule has 2 heterocycles. The molecule has 0 amide bonds. The summed E-state index contributed by atoms with van der Waals surface area (Å²) < 4.78 is 2.35. The van der Waals surface area contributed by atoms with E-state index in [1.54, 1.807) is 0 Å². The van der Waals surface area contributed by atoms with E-state index in [2.05, 4.69) is 71.3 Å². The molecule has 0 bridgehead atoms. The predicted molar refractivity (Wildman–Crippen MR) is 108 cm³/mol. The zero-order chi connectivity index (χ0) is 17.3. The third kappa shape index (κ3) is 2.70. The molecule has 5 rings (SSSR count). The Bertz CT molecular complexity index is 1040. The van der Waals surface area contributed by atoms with Gasteiger partial charge >= 0.3 is 0 Å². The van der Waals surface area contributed by atoms with E-state index in [9.17, 15) is 0 Å². The van der Waals surface area contributed by atoms with Gasteiger partial charge in [-0.25, -0.2) is 4.98 Å². The Morgan fingerprint density at radius 2 is 1.62 bits per heavy atom. The van der Waals surface area contributed by atoms with Crippen LogP contribution in [0.2, 0.25) is 0 Å². The fourth-order valence-corrected chi connectivity index (χ4v) is 4.50. The summed E-state index contributed by atoms with van der Waals surface area (Å²) in [5.41, 5.74) is 4.86. The van der Waals surface area contributed by atoms with Crippen LogP contribution in [-0.4, -0.2) is 9.38 Å². The van der Waals surface area contributed by atoms with Gasteiger partial charge in [0.25, 0.3) is 0 Å². The molecule has 2 nitrogen and oxygen atoms in total. The van der Waals surface area contributed by atoms with Crippen molar-refractivity contribution in [2.24, 2.45) is 5.92 Å². The fourth-order valence-electron chi connectivity index (χ4n) is 4.50. The lowest BCUT2D eigenvalue weighted by atomic mass is 9.85. The number of hydrogen-bond acceptors (Lipinski definition) is 1. The van der Waals surface area contributed by atoms with Crippen molar-refractivity contribution in [3.05, 3.63) is 72.6 Å². The van der Waals surface area contributed by atoms with Gasteiger partial charge in [0.15, 0.2) is 0 Å². The Labute approximate surface area is 154 Å². The zero-order valence-electron chi connectivity index (χ0n) is 15.1. The van der Waals surface area contributed by atoms with Crippen molar-refractivity contribution >= 4 is 16.4 Å². The van der Waals surface area contributed by atoms with E-state index in [0.29, 0.717) is 0 Å². The molecular weight excluding hydrogens is 316 g/mol. The average molecular weight is 340 g/mol. The molecule has 1 aliphatic carbocycles. The largest absolute Gasteiger partial charge is 0.303 e. The van der Waals surface area contributed by atoms with Gasteiger partial charge in [0.05, 0.1) is 11.4 Å². The molecule has 0 aliphatic heterocycles. The van der Waals surface area contributed by atoms with Crippen LogP contribution in [0.5, 0.6) is 0 Å². The number of fused-ring (bicyclic) bond motifs is 3. The van der Waals surface area contributed by atoms with Crippen LogP contribution in [0.3, 0.4) is 0 Å². The Hall–Kier alpha value is -2.61. The standard InChI is InChI=1S/C24H24N2/c1-3-9-18(10-4-1)17-22-23(20-12-5-2-6-13-20)25-24-21-14-8-7-11-19(21)15-16-26(22)24/h2,5-8,11-16,18H,1,3-4,9-10,17H2. The van der Waals surface area contributed by atoms with Gasteiger partial charge in [0.1, 0.15) is 5.65 Å². The zero-order valence-corrected chi connectivity index (χ0v) is 15.1. The van der Waals surface area contributed by atoms with Crippen LogP contribution in [0.25, 0.3) is 27.7 Å². The summed E-state index contributed by atoms with van der Waals surface area (Å²) in [7, 11) is 0. The first-order chi connectivity index (χ1) is 12.9. The molecule has 1 fully saturated rings. The maximum Gasteiger partial charge on any atom is 0.145 e. The van der Waals surface area contributed by atoms with Crippen LogP contribution in [-0.2, 0) is 6.42 Å². The molecule has 4 aromatic rings. The van der Waals surface area contributed by atoms with Gasteiger partial charge < -0.3 is 4.40 Å². The van der Waals surface area contributed by atoms with E-state index < -0.39 is 0 Å². The van der Waals surface area contributed by atoms with Gasteiger partial charge in [-0.2, -0.15) is 0 Å². The third-order valence-corrected chi connectivity index (χ3v) is 5.87. The molecule has 0 spiro atoms. The van der Waals surface area contributed by atoms with Gasteiger partial charge in [-0.05, 0) is 23.8 Å². The molecular formula is C24H24N2. The summed E-state index contributed by atoms with van der Waals surface area (Å²) in [5.74, 6) is 0.789. The Morgan fingerprint density at radius 1 is 0.846 bits per heavy atom. The molecule has 2 aromatic carbocycles. The van der Waals surface area contributed by atoms with E-state index in [4.69, 9.17) is 4.98 Å². The monoisotopic (exact) mass is 340 g/mol. The first-order valence-electron chi connectivity index (χ1n) is 9.84. The van der Waals surface area contributed by atoms with E-state index >= 15 is 0 Å². The molecule has 0 unspecified atom stereocenters. The second kappa shape index (κ2) is 6.60. The number of pyridine rings is 1. The second-order valence-electron chi connectivity index (χ2n) is 7.58. The van der Waals surface area contributed by atoms with Crippen LogP contribution < -0.4 is 0 Å². The summed E-state index contributed by atoms with van der Waals surface area (Å²) >= 11 is 0. The molecule has 0 saturated heterocycles. The number of hydrogen-bond donors (Lipinski definition) is 0. The smallest absolute Gasteiger partial charge is 0.145 e. The number of benzene rings is 2. The molecule has 0 atom stereocenters.